The van der Waals surface area contributed by atoms with Gasteiger partial charge in [0.05, 0.1) is 0 Å². The number of nitrogens with two attached hydrogens (primary N) is 1. The highest BCUT2D eigenvalue weighted by molar-refractivity contribution is 6.05. The van der Waals surface area contributed by atoms with Crippen molar-refractivity contribution in [2.75, 3.05) is 11.9 Å². The average Bonchev–Trinajstić information content (AvgIpc) is 2.69. The first-order chi connectivity index (χ1) is 13.0. The molecule has 6 heteroatoms. The van der Waals surface area contributed by atoms with Crippen LogP contribution in [0.1, 0.15) is 52.5 Å². The number of halogens is 1. The number of piperidine rings is 1. The molecule has 5 nitrogen and oxygen atoms in total. The third-order valence-electron chi connectivity index (χ3n) is 5.19. The van der Waals surface area contributed by atoms with Crippen LogP contribution in [-0.2, 0) is 0 Å². The molecule has 150 valence electrons. The number of amides is 2. The topological polar surface area (TPSA) is 75.4 Å². The first-order valence-corrected chi connectivity index (χ1v) is 9.51. The molecule has 1 saturated heterocycles. The molecule has 0 aliphatic carbocycles. The Morgan fingerprint density at radius 2 is 1.82 bits per heavy atom. The van der Waals surface area contributed by atoms with Gasteiger partial charge in [-0.05, 0) is 62.9 Å². The Labute approximate surface area is 172 Å². The lowest BCUT2D eigenvalue weighted by molar-refractivity contribution is 0.0583. The fraction of sp³-hybridized carbons (Fsp3) is 0.364. The smallest absolute Gasteiger partial charge is 0.255 e. The summed E-state index contributed by atoms with van der Waals surface area (Å²) >= 11 is 0. The number of likely N-dealkylation sites (tertiary alicyclic amines) is 1. The average molecular weight is 402 g/mol. The molecule has 2 aromatic rings. The van der Waals surface area contributed by atoms with Gasteiger partial charge < -0.3 is 16.0 Å². The number of anilines is 1. The number of hydrogen-bond donors (Lipinski definition) is 2. The summed E-state index contributed by atoms with van der Waals surface area (Å²) in [6, 6.07) is 14.5. The second-order valence-corrected chi connectivity index (χ2v) is 7.27. The lowest BCUT2D eigenvalue weighted by atomic mass is 9.95. The predicted molar refractivity (Wildman–Crippen MR) is 115 cm³/mol. The van der Waals surface area contributed by atoms with Crippen LogP contribution in [0.15, 0.2) is 48.5 Å². The van der Waals surface area contributed by atoms with Crippen LogP contribution in [-0.4, -0.2) is 35.3 Å². The number of aryl methyl sites for hydroxylation is 1. The summed E-state index contributed by atoms with van der Waals surface area (Å²) < 4.78 is 0. The van der Waals surface area contributed by atoms with Crippen LogP contribution in [0.25, 0.3) is 0 Å². The summed E-state index contributed by atoms with van der Waals surface area (Å²) in [6.07, 6.45) is 3.04. The van der Waals surface area contributed by atoms with Gasteiger partial charge in [-0.25, -0.2) is 0 Å². The largest absolute Gasteiger partial charge is 0.334 e. The van der Waals surface area contributed by atoms with Gasteiger partial charge in [0.2, 0.25) is 0 Å². The fourth-order valence-electron chi connectivity index (χ4n) is 3.60. The molecule has 0 saturated carbocycles. The summed E-state index contributed by atoms with van der Waals surface area (Å²) in [5.74, 6) is -0.207. The van der Waals surface area contributed by atoms with E-state index in [0.29, 0.717) is 16.8 Å². The van der Waals surface area contributed by atoms with Gasteiger partial charge in [-0.2, -0.15) is 0 Å². The highest BCUT2D eigenvalue weighted by atomic mass is 35.5. The summed E-state index contributed by atoms with van der Waals surface area (Å²) in [4.78, 5) is 27.4. The molecule has 1 aliphatic rings. The number of nitrogens with one attached hydrogen (secondary N) is 1. The van der Waals surface area contributed by atoms with Crippen LogP contribution in [0.5, 0.6) is 0 Å². The molecular weight excluding hydrogens is 374 g/mol. The summed E-state index contributed by atoms with van der Waals surface area (Å²) in [5, 5.41) is 2.92. The number of benzene rings is 2. The van der Waals surface area contributed by atoms with Crippen molar-refractivity contribution in [3.05, 3.63) is 65.2 Å². The summed E-state index contributed by atoms with van der Waals surface area (Å²) in [5.41, 5.74) is 8.84. The number of nitrogens with zero attached hydrogens (tertiary/aromatic N) is 1. The Balaban J connectivity index is 0.00000280. The number of carbonyl (C=O) groups is 2. The highest BCUT2D eigenvalue weighted by Gasteiger charge is 2.30. The Kier molecular flexibility index (Phi) is 7.61. The highest BCUT2D eigenvalue weighted by Crippen LogP contribution is 2.24. The van der Waals surface area contributed by atoms with Gasteiger partial charge in [0, 0.05) is 35.4 Å². The molecule has 1 aliphatic heterocycles. The Bertz CT molecular complexity index is 824. The van der Waals surface area contributed by atoms with E-state index in [1.54, 1.807) is 18.2 Å². The quantitative estimate of drug-likeness (QED) is 0.812. The first kappa shape index (κ1) is 21.9. The van der Waals surface area contributed by atoms with E-state index in [1.165, 1.54) is 0 Å². The van der Waals surface area contributed by atoms with Crippen molar-refractivity contribution >= 4 is 29.9 Å². The molecule has 2 unspecified atom stereocenters. The number of carbonyl (C=O) groups excluding carboxylic acids is 2. The number of rotatable bonds is 4. The SMILES string of the molecule is Cc1ccc(C(=O)N2CCCCC2C(C)N)cc1NC(=O)c1ccccc1.Cl. The molecular formula is C22H28ClN3O2. The molecule has 0 radical (unpaired) electrons. The predicted octanol–water partition coefficient (Wildman–Crippen LogP) is 4.01. The zero-order valence-electron chi connectivity index (χ0n) is 16.4. The minimum atomic E-state index is -0.185. The van der Waals surface area contributed by atoms with E-state index in [0.717, 1.165) is 31.4 Å². The van der Waals surface area contributed by atoms with E-state index >= 15 is 0 Å². The minimum absolute atomic E-state index is 0. The lowest BCUT2D eigenvalue weighted by Crippen LogP contribution is -2.51. The molecule has 2 aromatic carbocycles. The van der Waals surface area contributed by atoms with Gasteiger partial charge in [-0.1, -0.05) is 24.3 Å². The van der Waals surface area contributed by atoms with E-state index < -0.39 is 0 Å². The van der Waals surface area contributed by atoms with E-state index in [1.807, 2.05) is 49.1 Å². The van der Waals surface area contributed by atoms with Crippen molar-refractivity contribution in [3.63, 3.8) is 0 Å². The maximum absolute atomic E-state index is 13.1. The molecule has 1 fully saturated rings. The van der Waals surface area contributed by atoms with Crippen molar-refractivity contribution in [2.24, 2.45) is 5.73 Å². The zero-order valence-corrected chi connectivity index (χ0v) is 17.2. The van der Waals surface area contributed by atoms with E-state index in [9.17, 15) is 9.59 Å². The molecule has 2 amide bonds. The Hall–Kier alpha value is -2.37. The third-order valence-corrected chi connectivity index (χ3v) is 5.19. The van der Waals surface area contributed by atoms with Crippen molar-refractivity contribution in [1.82, 2.24) is 4.90 Å². The third kappa shape index (κ3) is 4.91. The van der Waals surface area contributed by atoms with E-state index in [-0.39, 0.29) is 36.3 Å². The van der Waals surface area contributed by atoms with E-state index in [4.69, 9.17) is 5.73 Å². The Morgan fingerprint density at radius 3 is 2.50 bits per heavy atom. The molecule has 1 heterocycles. The van der Waals surface area contributed by atoms with Crippen LogP contribution < -0.4 is 11.1 Å². The monoisotopic (exact) mass is 401 g/mol. The first-order valence-electron chi connectivity index (χ1n) is 9.51. The second kappa shape index (κ2) is 9.71. The fourth-order valence-corrected chi connectivity index (χ4v) is 3.60. The van der Waals surface area contributed by atoms with Crippen LogP contribution in [0, 0.1) is 6.92 Å². The van der Waals surface area contributed by atoms with Gasteiger partial charge in [0.1, 0.15) is 0 Å². The summed E-state index contributed by atoms with van der Waals surface area (Å²) in [7, 11) is 0. The summed E-state index contributed by atoms with van der Waals surface area (Å²) in [6.45, 7) is 4.60. The van der Waals surface area contributed by atoms with Crippen LogP contribution in [0.4, 0.5) is 5.69 Å². The van der Waals surface area contributed by atoms with Crippen molar-refractivity contribution in [3.8, 4) is 0 Å². The van der Waals surface area contributed by atoms with Gasteiger partial charge in [-0.15, -0.1) is 12.4 Å². The van der Waals surface area contributed by atoms with Gasteiger partial charge in [0.15, 0.2) is 0 Å². The van der Waals surface area contributed by atoms with Gasteiger partial charge >= 0.3 is 0 Å². The maximum atomic E-state index is 13.1. The molecule has 0 aromatic heterocycles. The van der Waals surface area contributed by atoms with Gasteiger partial charge in [0.25, 0.3) is 11.8 Å². The van der Waals surface area contributed by atoms with Gasteiger partial charge in [-0.3, -0.25) is 9.59 Å². The van der Waals surface area contributed by atoms with Crippen molar-refractivity contribution < 1.29 is 9.59 Å². The van der Waals surface area contributed by atoms with Crippen molar-refractivity contribution in [2.45, 2.75) is 45.2 Å². The van der Waals surface area contributed by atoms with Crippen LogP contribution in [0.3, 0.4) is 0 Å². The molecule has 0 spiro atoms. The van der Waals surface area contributed by atoms with E-state index in [2.05, 4.69) is 5.32 Å². The zero-order chi connectivity index (χ0) is 19.4. The van der Waals surface area contributed by atoms with Crippen molar-refractivity contribution in [1.29, 1.82) is 0 Å². The maximum Gasteiger partial charge on any atom is 0.255 e. The standard InChI is InChI=1S/C22H27N3O2.ClH/c1-15-11-12-18(22(27)25-13-7-6-10-20(25)16(2)23)14-19(15)24-21(26)17-8-4-3-5-9-17;/h3-5,8-9,11-12,14,16,20H,6-7,10,13,23H2,1-2H3,(H,24,26);1H. The minimum Gasteiger partial charge on any atom is -0.334 e. The molecule has 2 atom stereocenters. The molecule has 3 rings (SSSR count). The molecule has 3 N–H and O–H groups in total. The lowest BCUT2D eigenvalue weighted by Gasteiger charge is -2.38. The van der Waals surface area contributed by atoms with Crippen LogP contribution in [0.2, 0.25) is 0 Å². The number of hydrogen-bond acceptors (Lipinski definition) is 3. The molecule has 0 bridgehead atoms. The molecule has 28 heavy (non-hydrogen) atoms. The Morgan fingerprint density at radius 1 is 1.11 bits per heavy atom. The van der Waals surface area contributed by atoms with Crippen LogP contribution >= 0.6 is 12.4 Å². The second-order valence-electron chi connectivity index (χ2n) is 7.27. The normalized spacial score (nSPS) is 17.4.